The van der Waals surface area contributed by atoms with Crippen LogP contribution in [0.4, 0.5) is 5.95 Å². The number of nitrogens with zero attached hydrogens (tertiary/aromatic N) is 2. The standard InChI is InChI=1S/C19H22ClN3O2/c1-12-10-17(14-6-8-16(20)9-7-14)23-19(22-12)21-11-13-2-4-15(5-3-13)18(24)25/h6-10,13,15H,2-5,11H2,1H3,(H,24,25)(H,21,22,23). The normalized spacial score (nSPS) is 20.2. The summed E-state index contributed by atoms with van der Waals surface area (Å²) < 4.78 is 0. The summed E-state index contributed by atoms with van der Waals surface area (Å²) >= 11 is 5.95. The fourth-order valence-electron chi connectivity index (χ4n) is 3.27. The molecule has 1 aliphatic carbocycles. The highest BCUT2D eigenvalue weighted by atomic mass is 35.5. The molecule has 1 saturated carbocycles. The van der Waals surface area contributed by atoms with Gasteiger partial charge in [0.15, 0.2) is 0 Å². The number of aliphatic carboxylic acids is 1. The molecule has 1 fully saturated rings. The third-order valence-electron chi connectivity index (χ3n) is 4.74. The van der Waals surface area contributed by atoms with E-state index in [-0.39, 0.29) is 5.92 Å². The first-order valence-corrected chi connectivity index (χ1v) is 8.97. The fourth-order valence-corrected chi connectivity index (χ4v) is 3.39. The largest absolute Gasteiger partial charge is 0.481 e. The number of rotatable bonds is 5. The maximum absolute atomic E-state index is 11.0. The second kappa shape index (κ2) is 7.83. The zero-order valence-corrected chi connectivity index (χ0v) is 15.0. The van der Waals surface area contributed by atoms with Gasteiger partial charge in [-0.3, -0.25) is 4.79 Å². The molecule has 2 aromatic rings. The third-order valence-corrected chi connectivity index (χ3v) is 4.99. The summed E-state index contributed by atoms with van der Waals surface area (Å²) in [6.07, 6.45) is 3.37. The Hall–Kier alpha value is -2.14. The molecule has 0 spiro atoms. The average Bonchev–Trinajstić information content (AvgIpc) is 2.60. The summed E-state index contributed by atoms with van der Waals surface area (Å²) in [5.74, 6) is 0.244. The average molecular weight is 360 g/mol. The Bertz CT molecular complexity index is 741. The van der Waals surface area contributed by atoms with E-state index in [2.05, 4.69) is 15.3 Å². The molecule has 1 aliphatic rings. The highest BCUT2D eigenvalue weighted by Gasteiger charge is 2.25. The molecule has 1 aromatic heterocycles. The second-order valence-electron chi connectivity index (χ2n) is 6.66. The summed E-state index contributed by atoms with van der Waals surface area (Å²) in [4.78, 5) is 20.1. The van der Waals surface area contributed by atoms with Crippen LogP contribution in [0.2, 0.25) is 5.02 Å². The molecule has 0 amide bonds. The Labute approximate surface area is 152 Å². The van der Waals surface area contributed by atoms with Gasteiger partial charge in [-0.1, -0.05) is 23.7 Å². The van der Waals surface area contributed by atoms with Crippen LogP contribution in [0.15, 0.2) is 30.3 Å². The van der Waals surface area contributed by atoms with Crippen LogP contribution < -0.4 is 5.32 Å². The Balaban J connectivity index is 1.63. The lowest BCUT2D eigenvalue weighted by atomic mass is 9.82. The van der Waals surface area contributed by atoms with Crippen molar-refractivity contribution in [2.75, 3.05) is 11.9 Å². The number of aromatic nitrogens is 2. The quantitative estimate of drug-likeness (QED) is 0.827. The van der Waals surface area contributed by atoms with Crippen molar-refractivity contribution >= 4 is 23.5 Å². The first kappa shape index (κ1) is 17.7. The highest BCUT2D eigenvalue weighted by molar-refractivity contribution is 6.30. The van der Waals surface area contributed by atoms with Crippen LogP contribution in [0, 0.1) is 18.8 Å². The number of carboxylic acids is 1. The molecule has 0 bridgehead atoms. The summed E-state index contributed by atoms with van der Waals surface area (Å²) in [6.45, 7) is 2.72. The number of nitrogens with one attached hydrogen (secondary N) is 1. The van der Waals surface area contributed by atoms with E-state index in [1.54, 1.807) is 0 Å². The van der Waals surface area contributed by atoms with Crippen molar-refractivity contribution in [3.05, 3.63) is 41.0 Å². The molecule has 1 aromatic carbocycles. The molecule has 0 saturated heterocycles. The van der Waals surface area contributed by atoms with E-state index in [4.69, 9.17) is 16.7 Å². The van der Waals surface area contributed by atoms with Crippen molar-refractivity contribution in [3.8, 4) is 11.3 Å². The number of hydrogen-bond donors (Lipinski definition) is 2. The van der Waals surface area contributed by atoms with Gasteiger partial charge >= 0.3 is 5.97 Å². The predicted octanol–water partition coefficient (Wildman–Crippen LogP) is 4.41. The minimum Gasteiger partial charge on any atom is -0.481 e. The molecule has 6 heteroatoms. The minimum atomic E-state index is -0.666. The highest BCUT2D eigenvalue weighted by Crippen LogP contribution is 2.29. The van der Waals surface area contributed by atoms with Crippen LogP contribution in [0.3, 0.4) is 0 Å². The van der Waals surface area contributed by atoms with Gasteiger partial charge < -0.3 is 10.4 Å². The zero-order chi connectivity index (χ0) is 17.8. The van der Waals surface area contributed by atoms with Gasteiger partial charge in [0.1, 0.15) is 0 Å². The van der Waals surface area contributed by atoms with E-state index in [1.165, 1.54) is 0 Å². The molecule has 3 rings (SSSR count). The molecule has 0 aliphatic heterocycles. The van der Waals surface area contributed by atoms with Crippen molar-refractivity contribution in [1.29, 1.82) is 0 Å². The van der Waals surface area contributed by atoms with Gasteiger partial charge in [0, 0.05) is 22.8 Å². The van der Waals surface area contributed by atoms with Crippen LogP contribution in [0.1, 0.15) is 31.4 Å². The van der Waals surface area contributed by atoms with Gasteiger partial charge in [-0.2, -0.15) is 0 Å². The van der Waals surface area contributed by atoms with Crippen LogP contribution in [0.25, 0.3) is 11.3 Å². The lowest BCUT2D eigenvalue weighted by Gasteiger charge is -2.26. The molecule has 0 atom stereocenters. The van der Waals surface area contributed by atoms with Gasteiger partial charge in [0.05, 0.1) is 11.6 Å². The summed E-state index contributed by atoms with van der Waals surface area (Å²) in [5, 5.41) is 13.1. The van der Waals surface area contributed by atoms with E-state index >= 15 is 0 Å². The van der Waals surface area contributed by atoms with Crippen LogP contribution in [-0.4, -0.2) is 27.6 Å². The smallest absolute Gasteiger partial charge is 0.306 e. The topological polar surface area (TPSA) is 75.1 Å². The lowest BCUT2D eigenvalue weighted by molar-refractivity contribution is -0.143. The Morgan fingerprint density at radius 2 is 1.88 bits per heavy atom. The molecule has 25 heavy (non-hydrogen) atoms. The van der Waals surface area contributed by atoms with Crippen molar-refractivity contribution in [3.63, 3.8) is 0 Å². The maximum atomic E-state index is 11.0. The summed E-state index contributed by atoms with van der Waals surface area (Å²) in [7, 11) is 0. The molecule has 1 heterocycles. The molecular weight excluding hydrogens is 338 g/mol. The Morgan fingerprint density at radius 1 is 1.20 bits per heavy atom. The monoisotopic (exact) mass is 359 g/mol. The van der Waals surface area contributed by atoms with Crippen molar-refractivity contribution < 1.29 is 9.90 Å². The molecular formula is C19H22ClN3O2. The minimum absolute atomic E-state index is 0.178. The molecule has 5 nitrogen and oxygen atoms in total. The molecule has 2 N–H and O–H groups in total. The zero-order valence-electron chi connectivity index (χ0n) is 14.2. The van der Waals surface area contributed by atoms with Gasteiger partial charge in [0.2, 0.25) is 5.95 Å². The summed E-state index contributed by atoms with van der Waals surface area (Å²) in [6, 6.07) is 9.54. The number of benzene rings is 1. The number of halogens is 1. The van der Waals surface area contributed by atoms with Crippen molar-refractivity contribution in [2.45, 2.75) is 32.6 Å². The predicted molar refractivity (Wildman–Crippen MR) is 98.8 cm³/mol. The first-order valence-electron chi connectivity index (χ1n) is 8.59. The number of carbonyl (C=O) groups is 1. The first-order chi connectivity index (χ1) is 12.0. The van der Waals surface area contributed by atoms with E-state index in [0.29, 0.717) is 16.9 Å². The number of aryl methyl sites for hydroxylation is 1. The maximum Gasteiger partial charge on any atom is 0.306 e. The van der Waals surface area contributed by atoms with Crippen LogP contribution >= 0.6 is 11.6 Å². The Kier molecular flexibility index (Phi) is 5.53. The second-order valence-corrected chi connectivity index (χ2v) is 7.10. The van der Waals surface area contributed by atoms with Crippen LogP contribution in [-0.2, 0) is 4.79 Å². The molecule has 0 unspecified atom stereocenters. The van der Waals surface area contributed by atoms with Gasteiger partial charge in [-0.05, 0) is 56.7 Å². The molecule has 0 radical (unpaired) electrons. The molecule has 132 valence electrons. The van der Waals surface area contributed by atoms with Crippen molar-refractivity contribution in [2.24, 2.45) is 11.8 Å². The van der Waals surface area contributed by atoms with Crippen molar-refractivity contribution in [1.82, 2.24) is 9.97 Å². The number of hydrogen-bond acceptors (Lipinski definition) is 4. The fraction of sp³-hybridized carbons (Fsp3) is 0.421. The number of anilines is 1. The number of carboxylic acid groups (broad SMARTS) is 1. The van der Waals surface area contributed by atoms with Gasteiger partial charge in [-0.25, -0.2) is 9.97 Å². The lowest BCUT2D eigenvalue weighted by Crippen LogP contribution is -2.25. The van der Waals surface area contributed by atoms with E-state index in [0.717, 1.165) is 49.2 Å². The summed E-state index contributed by atoms with van der Waals surface area (Å²) in [5.41, 5.74) is 2.76. The van der Waals surface area contributed by atoms with E-state index in [9.17, 15) is 4.79 Å². The van der Waals surface area contributed by atoms with Gasteiger partial charge in [-0.15, -0.1) is 0 Å². The third kappa shape index (κ3) is 4.69. The van der Waals surface area contributed by atoms with E-state index < -0.39 is 5.97 Å². The van der Waals surface area contributed by atoms with Gasteiger partial charge in [0.25, 0.3) is 0 Å². The SMILES string of the molecule is Cc1cc(-c2ccc(Cl)cc2)nc(NCC2CCC(C(=O)O)CC2)n1. The van der Waals surface area contributed by atoms with E-state index in [1.807, 2.05) is 37.3 Å². The van der Waals surface area contributed by atoms with Crippen LogP contribution in [0.5, 0.6) is 0 Å². The Morgan fingerprint density at radius 3 is 2.52 bits per heavy atom.